The second-order valence-electron chi connectivity index (χ2n) is 12.4. The zero-order valence-electron chi connectivity index (χ0n) is 25.2. The van der Waals surface area contributed by atoms with Crippen LogP contribution in [-0.4, -0.2) is 48.7 Å². The highest BCUT2D eigenvalue weighted by Gasteiger charge is 2.41. The Morgan fingerprint density at radius 1 is 1.02 bits per heavy atom. The van der Waals surface area contributed by atoms with E-state index in [0.717, 1.165) is 28.8 Å². The van der Waals surface area contributed by atoms with Gasteiger partial charge < -0.3 is 15.4 Å². The van der Waals surface area contributed by atoms with Crippen LogP contribution in [0.5, 0.6) is 0 Å². The fraction of sp³-hybridized carbons (Fsp3) is 0.452. The van der Waals surface area contributed by atoms with Crippen molar-refractivity contribution < 1.29 is 31.1 Å². The van der Waals surface area contributed by atoms with Gasteiger partial charge in [0.05, 0.1) is 22.2 Å². The average Bonchev–Trinajstić information content (AvgIpc) is 3.31. The van der Waals surface area contributed by atoms with E-state index in [-0.39, 0.29) is 52.1 Å². The predicted octanol–water partition coefficient (Wildman–Crippen LogP) is 6.10. The number of rotatable bonds is 6. The third kappa shape index (κ3) is 6.62. The van der Waals surface area contributed by atoms with Gasteiger partial charge in [-0.1, -0.05) is 17.7 Å². The van der Waals surface area contributed by atoms with Gasteiger partial charge in [-0.15, -0.1) is 0 Å². The van der Waals surface area contributed by atoms with Crippen LogP contribution in [0.3, 0.4) is 0 Å². The molecule has 44 heavy (non-hydrogen) atoms. The zero-order valence-corrected chi connectivity index (χ0v) is 26.1. The molecule has 1 amide bonds. The van der Waals surface area contributed by atoms with E-state index in [4.69, 9.17) is 4.74 Å². The summed E-state index contributed by atoms with van der Waals surface area (Å²) in [6.45, 7) is 8.28. The van der Waals surface area contributed by atoms with Crippen molar-refractivity contribution >= 4 is 27.6 Å². The van der Waals surface area contributed by atoms with Crippen LogP contribution >= 0.6 is 0 Å². The number of ether oxygens (including phenoxy) is 1. The Bertz CT molecular complexity index is 1680. The number of nitrogens with zero attached hydrogens (tertiary/aromatic N) is 3. The molecule has 1 aliphatic carbocycles. The number of sulfonamides is 1. The fourth-order valence-electron chi connectivity index (χ4n) is 5.70. The van der Waals surface area contributed by atoms with Crippen LogP contribution in [-0.2, 0) is 14.8 Å². The summed E-state index contributed by atoms with van der Waals surface area (Å²) in [6.07, 6.45) is 2.14. The van der Waals surface area contributed by atoms with E-state index in [0.29, 0.717) is 18.9 Å². The smallest absolute Gasteiger partial charge is 0.407 e. The highest BCUT2D eigenvalue weighted by molar-refractivity contribution is 7.92. The molecule has 1 saturated carbocycles. The summed E-state index contributed by atoms with van der Waals surface area (Å²) in [5.41, 5.74) is -0.0457. The van der Waals surface area contributed by atoms with Gasteiger partial charge in [-0.05, 0) is 84.1 Å². The molecule has 2 heterocycles. The van der Waals surface area contributed by atoms with Gasteiger partial charge in [0, 0.05) is 24.7 Å². The summed E-state index contributed by atoms with van der Waals surface area (Å²) in [4.78, 5) is 21.0. The van der Waals surface area contributed by atoms with Crippen LogP contribution in [0.25, 0.3) is 0 Å². The maximum atomic E-state index is 15.4. The van der Waals surface area contributed by atoms with E-state index in [9.17, 15) is 17.6 Å². The average molecular weight is 632 g/mol. The number of aryl methyl sites for hydroxylation is 2. The molecule has 3 atom stereocenters. The number of anilines is 2. The van der Waals surface area contributed by atoms with Gasteiger partial charge in [0.2, 0.25) is 0 Å². The predicted molar refractivity (Wildman–Crippen MR) is 160 cm³/mol. The molecule has 2 aliphatic rings. The normalized spacial score (nSPS) is 20.3. The van der Waals surface area contributed by atoms with Crippen LogP contribution in [0.15, 0.2) is 41.3 Å². The monoisotopic (exact) mass is 631 g/mol. The standard InChI is InChI=1S/C31H36F3N5O4S/c1-17-9-11-22(12-10-17)44(41,42)39-16-24(23-13-19(32)14-25(33)27(23)39)28-35-18(2)26(34)29(38-28)36-20-7-6-8-21(15-20)37-30(40)43-31(3,4)5/h9-14,20-21,24H,6-8,15-16H2,1-5H3,(H,37,40)(H,35,36,38)/t20-,21+,24?/m0/s1. The number of hydrogen-bond acceptors (Lipinski definition) is 7. The minimum Gasteiger partial charge on any atom is -0.444 e. The van der Waals surface area contributed by atoms with Gasteiger partial charge in [0.1, 0.15) is 17.2 Å². The minimum absolute atomic E-state index is 0.00462. The minimum atomic E-state index is -4.24. The molecule has 2 N–H and O–H groups in total. The lowest BCUT2D eigenvalue weighted by Crippen LogP contribution is -2.44. The third-order valence-corrected chi connectivity index (χ3v) is 9.50. The summed E-state index contributed by atoms with van der Waals surface area (Å²) in [5, 5.41) is 6.00. The highest BCUT2D eigenvalue weighted by atomic mass is 32.2. The lowest BCUT2D eigenvalue weighted by atomic mass is 9.91. The molecule has 3 aromatic rings. The quantitative estimate of drug-likeness (QED) is 0.338. The Hall–Kier alpha value is -3.87. The van der Waals surface area contributed by atoms with Crippen LogP contribution in [0.4, 0.5) is 29.5 Å². The summed E-state index contributed by atoms with van der Waals surface area (Å²) in [5.74, 6) is -3.66. The molecule has 1 aliphatic heterocycles. The number of fused-ring (bicyclic) bond motifs is 1. The molecule has 5 rings (SSSR count). The first-order valence-electron chi connectivity index (χ1n) is 14.5. The molecule has 0 radical (unpaired) electrons. The van der Waals surface area contributed by atoms with Crippen molar-refractivity contribution in [1.82, 2.24) is 15.3 Å². The molecule has 1 aromatic heterocycles. The Kier molecular flexibility index (Phi) is 8.54. The second-order valence-corrected chi connectivity index (χ2v) is 14.3. The maximum absolute atomic E-state index is 15.4. The highest BCUT2D eigenvalue weighted by Crippen LogP contribution is 2.44. The number of carbonyl (C=O) groups is 1. The number of aromatic nitrogens is 2. The number of hydrogen-bond donors (Lipinski definition) is 2. The number of halogens is 3. The summed E-state index contributed by atoms with van der Waals surface area (Å²) >= 11 is 0. The topological polar surface area (TPSA) is 114 Å². The second kappa shape index (κ2) is 11.9. The van der Waals surface area contributed by atoms with Crippen molar-refractivity contribution in [3.05, 3.63) is 76.5 Å². The van der Waals surface area contributed by atoms with E-state index in [1.165, 1.54) is 19.1 Å². The number of carbonyl (C=O) groups excluding carboxylic acids is 1. The number of amides is 1. The largest absolute Gasteiger partial charge is 0.444 e. The van der Waals surface area contributed by atoms with Crippen LogP contribution < -0.4 is 14.9 Å². The molecule has 9 nitrogen and oxygen atoms in total. The summed E-state index contributed by atoms with van der Waals surface area (Å²) in [7, 11) is -4.24. The van der Waals surface area contributed by atoms with Gasteiger partial charge in [-0.2, -0.15) is 0 Å². The van der Waals surface area contributed by atoms with Crippen LogP contribution in [0.2, 0.25) is 0 Å². The van der Waals surface area contributed by atoms with Crippen molar-refractivity contribution in [1.29, 1.82) is 0 Å². The van der Waals surface area contributed by atoms with Gasteiger partial charge in [-0.3, -0.25) is 4.31 Å². The molecule has 13 heteroatoms. The third-order valence-electron chi connectivity index (χ3n) is 7.72. The Morgan fingerprint density at radius 3 is 2.39 bits per heavy atom. The summed E-state index contributed by atoms with van der Waals surface area (Å²) in [6, 6.07) is 7.37. The molecule has 236 valence electrons. The van der Waals surface area contributed by atoms with Crippen molar-refractivity contribution in [3.63, 3.8) is 0 Å². The van der Waals surface area contributed by atoms with Gasteiger partial charge >= 0.3 is 6.09 Å². The van der Waals surface area contributed by atoms with Crippen molar-refractivity contribution in [2.24, 2.45) is 0 Å². The number of benzene rings is 2. The molecular formula is C31H36F3N5O4S. The lowest BCUT2D eigenvalue weighted by Gasteiger charge is -2.31. The molecule has 0 saturated heterocycles. The zero-order chi connectivity index (χ0) is 32.0. The Morgan fingerprint density at radius 2 is 1.70 bits per heavy atom. The molecular weight excluding hydrogens is 595 g/mol. The van der Waals surface area contributed by atoms with Gasteiger partial charge in [-0.25, -0.2) is 36.4 Å². The number of alkyl carbamates (subject to hydrolysis) is 1. The lowest BCUT2D eigenvalue weighted by molar-refractivity contribution is 0.0492. The Balaban J connectivity index is 1.44. The molecule has 1 unspecified atom stereocenters. The number of nitrogens with one attached hydrogen (secondary N) is 2. The first-order chi connectivity index (χ1) is 20.6. The van der Waals surface area contributed by atoms with Gasteiger partial charge in [0.25, 0.3) is 10.0 Å². The SMILES string of the molecule is Cc1ccc(S(=O)(=O)N2CC(c3nc(C)c(F)c(N[C@H]4CCC[C@@H](NC(=O)OC(C)(C)C)C4)n3)c3cc(F)cc(F)c32)cc1. The van der Waals surface area contributed by atoms with E-state index in [1.807, 2.05) is 6.92 Å². The van der Waals surface area contributed by atoms with Gasteiger partial charge in [0.15, 0.2) is 17.5 Å². The van der Waals surface area contributed by atoms with Crippen LogP contribution in [0.1, 0.15) is 75.0 Å². The van der Waals surface area contributed by atoms with Crippen molar-refractivity contribution in [2.75, 3.05) is 16.2 Å². The Labute approximate surface area is 255 Å². The van der Waals surface area contributed by atoms with Crippen molar-refractivity contribution in [3.8, 4) is 0 Å². The van der Waals surface area contributed by atoms with E-state index < -0.39 is 45.1 Å². The van der Waals surface area contributed by atoms with E-state index >= 15 is 8.78 Å². The first kappa shape index (κ1) is 31.6. The first-order valence-corrected chi connectivity index (χ1v) is 15.9. The molecule has 0 bridgehead atoms. The summed E-state index contributed by atoms with van der Waals surface area (Å²) < 4.78 is 78.7. The maximum Gasteiger partial charge on any atom is 0.407 e. The van der Waals surface area contributed by atoms with Crippen molar-refractivity contribution in [2.45, 2.75) is 88.8 Å². The van der Waals surface area contributed by atoms with Crippen LogP contribution in [0, 0.1) is 31.3 Å². The fourth-order valence-corrected chi connectivity index (χ4v) is 7.21. The molecule has 2 aromatic carbocycles. The molecule has 1 fully saturated rings. The molecule has 0 spiro atoms. The van der Waals surface area contributed by atoms with E-state index in [2.05, 4.69) is 20.6 Å². The van der Waals surface area contributed by atoms with E-state index in [1.54, 1.807) is 32.9 Å².